The monoisotopic (exact) mass is 257 g/mol. The third kappa shape index (κ3) is 4.54. The van der Waals surface area contributed by atoms with Crippen molar-refractivity contribution in [2.45, 2.75) is 26.0 Å². The molecule has 0 saturated carbocycles. The molecule has 0 heterocycles. The van der Waals surface area contributed by atoms with Gasteiger partial charge in [-0.1, -0.05) is 11.6 Å². The summed E-state index contributed by atoms with van der Waals surface area (Å²) in [6.45, 7) is 5.54. The maximum absolute atomic E-state index is 9.43. The molecule has 17 heavy (non-hydrogen) atoms. The number of nitrogens with zero attached hydrogens (tertiary/aromatic N) is 1. The van der Waals surface area contributed by atoms with Gasteiger partial charge in [0, 0.05) is 25.2 Å². The van der Waals surface area contributed by atoms with Gasteiger partial charge in [-0.25, -0.2) is 0 Å². The average molecular weight is 258 g/mol. The molecule has 0 aliphatic rings. The summed E-state index contributed by atoms with van der Waals surface area (Å²) >= 11 is 6.08. The topological polar surface area (TPSA) is 32.7 Å². The molecule has 0 unspecified atom stereocenters. The van der Waals surface area contributed by atoms with Crippen molar-refractivity contribution in [1.82, 2.24) is 4.90 Å². The number of phenols is 1. The Morgan fingerprint density at radius 3 is 2.65 bits per heavy atom. The van der Waals surface area contributed by atoms with E-state index in [1.54, 1.807) is 25.3 Å². The van der Waals surface area contributed by atoms with Crippen LogP contribution in [0.2, 0.25) is 5.02 Å². The lowest BCUT2D eigenvalue weighted by Gasteiger charge is -2.29. The van der Waals surface area contributed by atoms with E-state index in [0.29, 0.717) is 11.6 Å². The van der Waals surface area contributed by atoms with Gasteiger partial charge < -0.3 is 9.84 Å². The van der Waals surface area contributed by atoms with Crippen LogP contribution in [0.1, 0.15) is 19.4 Å². The van der Waals surface area contributed by atoms with Gasteiger partial charge in [-0.15, -0.1) is 0 Å². The molecule has 1 aromatic rings. The van der Waals surface area contributed by atoms with Crippen molar-refractivity contribution < 1.29 is 9.84 Å². The summed E-state index contributed by atoms with van der Waals surface area (Å²) in [6, 6.07) is 4.99. The molecule has 0 atom stereocenters. The van der Waals surface area contributed by atoms with Gasteiger partial charge in [-0.05, 0) is 44.7 Å². The van der Waals surface area contributed by atoms with E-state index in [-0.39, 0.29) is 11.4 Å². The standard InChI is InChI=1S/C13H20ClNO2/c1-13(2,17-4)9-15(3)8-10-7-11(16)5-6-12(10)14/h5-7,16H,8-9H2,1-4H3. The highest BCUT2D eigenvalue weighted by molar-refractivity contribution is 6.31. The molecule has 0 aromatic heterocycles. The SMILES string of the molecule is COC(C)(C)CN(C)Cc1cc(O)ccc1Cl. The summed E-state index contributed by atoms with van der Waals surface area (Å²) in [5.74, 6) is 0.240. The molecule has 1 N–H and O–H groups in total. The first-order valence-electron chi connectivity index (χ1n) is 5.55. The Labute approximate surface area is 108 Å². The molecule has 0 aliphatic heterocycles. The number of benzene rings is 1. The van der Waals surface area contributed by atoms with Crippen LogP contribution >= 0.6 is 11.6 Å². The molecule has 3 nitrogen and oxygen atoms in total. The highest BCUT2D eigenvalue weighted by Crippen LogP contribution is 2.23. The molecule has 0 aliphatic carbocycles. The molecule has 0 spiro atoms. The van der Waals surface area contributed by atoms with Gasteiger partial charge in [0.05, 0.1) is 5.60 Å². The Hall–Kier alpha value is -0.770. The zero-order valence-corrected chi connectivity index (χ0v) is 11.6. The first-order chi connectivity index (χ1) is 7.84. The van der Waals surface area contributed by atoms with E-state index in [2.05, 4.69) is 4.90 Å². The molecule has 0 amide bonds. The summed E-state index contributed by atoms with van der Waals surface area (Å²) in [7, 11) is 3.70. The van der Waals surface area contributed by atoms with Crippen molar-refractivity contribution in [3.63, 3.8) is 0 Å². The van der Waals surface area contributed by atoms with Crippen molar-refractivity contribution >= 4 is 11.6 Å². The maximum atomic E-state index is 9.43. The summed E-state index contributed by atoms with van der Waals surface area (Å²) in [5.41, 5.74) is 0.721. The molecule has 4 heteroatoms. The van der Waals surface area contributed by atoms with Crippen LogP contribution in [0.25, 0.3) is 0 Å². The van der Waals surface area contributed by atoms with E-state index in [0.717, 1.165) is 12.1 Å². The minimum Gasteiger partial charge on any atom is -0.508 e. The minimum absolute atomic E-state index is 0.196. The van der Waals surface area contributed by atoms with Gasteiger partial charge >= 0.3 is 0 Å². The van der Waals surface area contributed by atoms with E-state index in [9.17, 15) is 5.11 Å². The van der Waals surface area contributed by atoms with Crippen LogP contribution in [-0.2, 0) is 11.3 Å². The fourth-order valence-electron chi connectivity index (χ4n) is 1.74. The van der Waals surface area contributed by atoms with Gasteiger partial charge in [0.1, 0.15) is 5.75 Å². The van der Waals surface area contributed by atoms with E-state index in [4.69, 9.17) is 16.3 Å². The number of hydrogen-bond acceptors (Lipinski definition) is 3. The molecule has 0 fully saturated rings. The lowest BCUT2D eigenvalue weighted by Crippen LogP contribution is -2.37. The van der Waals surface area contributed by atoms with Crippen LogP contribution in [0.4, 0.5) is 0 Å². The molecular formula is C13H20ClNO2. The van der Waals surface area contributed by atoms with Crippen LogP contribution in [0.15, 0.2) is 18.2 Å². The van der Waals surface area contributed by atoms with E-state index in [1.165, 1.54) is 0 Å². The summed E-state index contributed by atoms with van der Waals surface area (Å²) in [4.78, 5) is 2.12. The Morgan fingerprint density at radius 2 is 2.06 bits per heavy atom. The largest absolute Gasteiger partial charge is 0.508 e. The zero-order valence-electron chi connectivity index (χ0n) is 10.8. The van der Waals surface area contributed by atoms with Crippen molar-refractivity contribution in [2.24, 2.45) is 0 Å². The molecule has 1 rings (SSSR count). The summed E-state index contributed by atoms with van der Waals surface area (Å²) < 4.78 is 5.38. The molecule has 1 aromatic carbocycles. The number of methoxy groups -OCH3 is 1. The highest BCUT2D eigenvalue weighted by Gasteiger charge is 2.19. The second-order valence-corrected chi connectivity index (χ2v) is 5.32. The quantitative estimate of drug-likeness (QED) is 0.881. The van der Waals surface area contributed by atoms with Gasteiger partial charge in [-0.3, -0.25) is 4.90 Å². The number of ether oxygens (including phenoxy) is 1. The highest BCUT2D eigenvalue weighted by atomic mass is 35.5. The second-order valence-electron chi connectivity index (χ2n) is 4.91. The van der Waals surface area contributed by atoms with Gasteiger partial charge in [0.15, 0.2) is 0 Å². The first-order valence-corrected chi connectivity index (χ1v) is 5.93. The van der Waals surface area contributed by atoms with Crippen molar-refractivity contribution in [2.75, 3.05) is 20.7 Å². The van der Waals surface area contributed by atoms with Gasteiger partial charge in [0.2, 0.25) is 0 Å². The van der Waals surface area contributed by atoms with Gasteiger partial charge in [-0.2, -0.15) is 0 Å². The predicted molar refractivity (Wildman–Crippen MR) is 70.5 cm³/mol. The molecule has 0 bridgehead atoms. The Bertz CT molecular complexity index is 380. The van der Waals surface area contributed by atoms with E-state index < -0.39 is 0 Å². The number of halogens is 1. The fraction of sp³-hybridized carbons (Fsp3) is 0.538. The number of hydrogen-bond donors (Lipinski definition) is 1. The van der Waals surface area contributed by atoms with Crippen molar-refractivity contribution in [3.05, 3.63) is 28.8 Å². The van der Waals surface area contributed by atoms with Gasteiger partial charge in [0.25, 0.3) is 0 Å². The smallest absolute Gasteiger partial charge is 0.116 e. The molecule has 0 radical (unpaired) electrons. The fourth-order valence-corrected chi connectivity index (χ4v) is 1.92. The maximum Gasteiger partial charge on any atom is 0.116 e. The summed E-state index contributed by atoms with van der Waals surface area (Å²) in [5, 5.41) is 10.1. The number of likely N-dealkylation sites (N-methyl/N-ethyl adjacent to an activating group) is 1. The van der Waals surface area contributed by atoms with Crippen LogP contribution in [-0.4, -0.2) is 36.3 Å². The Kier molecular flexibility index (Phi) is 4.80. The third-order valence-electron chi connectivity index (χ3n) is 2.67. The summed E-state index contributed by atoms with van der Waals surface area (Å²) in [6.07, 6.45) is 0. The number of aromatic hydroxyl groups is 1. The van der Waals surface area contributed by atoms with Crippen molar-refractivity contribution in [1.29, 1.82) is 0 Å². The predicted octanol–water partition coefficient (Wildman–Crippen LogP) is 2.90. The molecule has 96 valence electrons. The van der Waals surface area contributed by atoms with Crippen molar-refractivity contribution in [3.8, 4) is 5.75 Å². The van der Waals surface area contributed by atoms with Crippen LogP contribution < -0.4 is 0 Å². The second kappa shape index (κ2) is 5.71. The Balaban J connectivity index is 2.68. The Morgan fingerprint density at radius 1 is 1.41 bits per heavy atom. The third-order valence-corrected chi connectivity index (χ3v) is 3.04. The van der Waals surface area contributed by atoms with Crippen LogP contribution in [0, 0.1) is 0 Å². The number of phenolic OH excluding ortho intramolecular Hbond substituents is 1. The molecular weight excluding hydrogens is 238 g/mol. The lowest BCUT2D eigenvalue weighted by molar-refractivity contribution is -0.00347. The zero-order chi connectivity index (χ0) is 13.1. The van der Waals surface area contributed by atoms with Crippen LogP contribution in [0.3, 0.4) is 0 Å². The molecule has 0 saturated heterocycles. The minimum atomic E-state index is -0.196. The normalized spacial score (nSPS) is 12.1. The average Bonchev–Trinajstić information content (AvgIpc) is 2.23. The van der Waals surface area contributed by atoms with E-state index >= 15 is 0 Å². The van der Waals surface area contributed by atoms with Crippen LogP contribution in [0.5, 0.6) is 5.75 Å². The first kappa shape index (κ1) is 14.3. The van der Waals surface area contributed by atoms with E-state index in [1.807, 2.05) is 20.9 Å². The lowest BCUT2D eigenvalue weighted by atomic mass is 10.1. The number of rotatable bonds is 5.